The summed E-state index contributed by atoms with van der Waals surface area (Å²) in [5, 5.41) is 11.3. The van der Waals surface area contributed by atoms with E-state index in [1.54, 1.807) is 13.0 Å². The molecule has 138 valence electrons. The van der Waals surface area contributed by atoms with Crippen LogP contribution in [0.25, 0.3) is 0 Å². The third-order valence-electron chi connectivity index (χ3n) is 4.92. The van der Waals surface area contributed by atoms with Gasteiger partial charge in [0.25, 0.3) is 5.69 Å². The van der Waals surface area contributed by atoms with Crippen LogP contribution in [0.3, 0.4) is 0 Å². The van der Waals surface area contributed by atoms with E-state index in [1.807, 2.05) is 30.3 Å². The van der Waals surface area contributed by atoms with Crippen molar-refractivity contribution in [1.82, 2.24) is 4.31 Å². The maximum atomic E-state index is 13.2. The molecule has 1 fully saturated rings. The summed E-state index contributed by atoms with van der Waals surface area (Å²) in [4.78, 5) is 10.5. The van der Waals surface area contributed by atoms with E-state index in [-0.39, 0.29) is 29.8 Å². The molecule has 0 radical (unpaired) electrons. The highest BCUT2D eigenvalue weighted by Gasteiger charge is 2.42. The Morgan fingerprint density at radius 2 is 1.85 bits per heavy atom. The molecule has 1 heterocycles. The van der Waals surface area contributed by atoms with Crippen LogP contribution in [0.15, 0.2) is 53.4 Å². The summed E-state index contributed by atoms with van der Waals surface area (Å²) in [5.41, 5.74) is 6.89. The summed E-state index contributed by atoms with van der Waals surface area (Å²) in [6.45, 7) is 2.44. The second-order valence-corrected chi connectivity index (χ2v) is 8.39. The molecule has 2 aromatic carbocycles. The van der Waals surface area contributed by atoms with Gasteiger partial charge in [-0.05, 0) is 30.5 Å². The summed E-state index contributed by atoms with van der Waals surface area (Å²) in [6, 6.07) is 13.9. The maximum Gasteiger partial charge on any atom is 0.289 e. The third-order valence-corrected chi connectivity index (χ3v) is 6.95. The zero-order chi connectivity index (χ0) is 18.9. The van der Waals surface area contributed by atoms with Crippen molar-refractivity contribution >= 4 is 15.7 Å². The van der Waals surface area contributed by atoms with Gasteiger partial charge < -0.3 is 5.73 Å². The summed E-state index contributed by atoms with van der Waals surface area (Å²) in [7, 11) is -3.99. The normalized spacial score (nSPS) is 21.0. The number of nitrogens with zero attached hydrogens (tertiary/aromatic N) is 2. The lowest BCUT2D eigenvalue weighted by atomic mass is 9.89. The molecular formula is C18H21N3O4S. The number of nitro benzene ring substituents is 1. The topological polar surface area (TPSA) is 107 Å². The van der Waals surface area contributed by atoms with Crippen molar-refractivity contribution < 1.29 is 13.3 Å². The Bertz CT molecular complexity index is 915. The van der Waals surface area contributed by atoms with Crippen molar-refractivity contribution in [2.24, 2.45) is 11.7 Å². The minimum absolute atomic E-state index is 0.0287. The molecule has 26 heavy (non-hydrogen) atoms. The molecule has 1 aliphatic heterocycles. The Hall–Kier alpha value is -2.29. The number of nitro groups is 1. The van der Waals surface area contributed by atoms with E-state index in [4.69, 9.17) is 5.73 Å². The first-order valence-corrected chi connectivity index (χ1v) is 9.79. The van der Waals surface area contributed by atoms with Crippen molar-refractivity contribution in [2.45, 2.75) is 17.7 Å². The predicted octanol–water partition coefficient (Wildman–Crippen LogP) is 2.27. The van der Waals surface area contributed by atoms with Crippen molar-refractivity contribution in [3.63, 3.8) is 0 Å². The van der Waals surface area contributed by atoms with Gasteiger partial charge in [0.05, 0.1) is 4.92 Å². The van der Waals surface area contributed by atoms with Crippen LogP contribution >= 0.6 is 0 Å². The number of hydrogen-bond acceptors (Lipinski definition) is 5. The molecule has 0 aromatic heterocycles. The monoisotopic (exact) mass is 375 g/mol. The zero-order valence-corrected chi connectivity index (χ0v) is 15.2. The third kappa shape index (κ3) is 3.23. The molecule has 0 amide bonds. The molecule has 3 rings (SSSR count). The van der Waals surface area contributed by atoms with Crippen LogP contribution in [0.2, 0.25) is 0 Å². The van der Waals surface area contributed by atoms with Crippen LogP contribution in [0.4, 0.5) is 5.69 Å². The highest BCUT2D eigenvalue weighted by molar-refractivity contribution is 7.89. The molecule has 1 aliphatic rings. The molecule has 0 unspecified atom stereocenters. The van der Waals surface area contributed by atoms with Gasteiger partial charge in [-0.25, -0.2) is 8.42 Å². The van der Waals surface area contributed by atoms with Gasteiger partial charge in [0, 0.05) is 25.1 Å². The van der Waals surface area contributed by atoms with Gasteiger partial charge in [0.15, 0.2) is 4.90 Å². The van der Waals surface area contributed by atoms with Crippen LogP contribution in [-0.4, -0.2) is 37.3 Å². The van der Waals surface area contributed by atoms with Crippen LogP contribution in [-0.2, 0) is 10.0 Å². The largest absolute Gasteiger partial charge is 0.330 e. The van der Waals surface area contributed by atoms with E-state index in [0.717, 1.165) is 5.56 Å². The number of benzene rings is 2. The molecular weight excluding hydrogens is 354 g/mol. The minimum atomic E-state index is -3.99. The van der Waals surface area contributed by atoms with Gasteiger partial charge >= 0.3 is 0 Å². The molecule has 2 aromatic rings. The average molecular weight is 375 g/mol. The molecule has 2 N–H and O–H groups in total. The number of rotatable bonds is 5. The van der Waals surface area contributed by atoms with Gasteiger partial charge in [-0.2, -0.15) is 4.31 Å². The van der Waals surface area contributed by atoms with E-state index in [0.29, 0.717) is 12.1 Å². The average Bonchev–Trinajstić information content (AvgIpc) is 3.07. The van der Waals surface area contributed by atoms with Crippen molar-refractivity contribution in [1.29, 1.82) is 0 Å². The Morgan fingerprint density at radius 3 is 2.46 bits per heavy atom. The minimum Gasteiger partial charge on any atom is -0.330 e. The molecule has 0 saturated carbocycles. The Morgan fingerprint density at radius 1 is 1.15 bits per heavy atom. The number of sulfonamides is 1. The first-order valence-electron chi connectivity index (χ1n) is 8.35. The molecule has 0 bridgehead atoms. The molecule has 0 spiro atoms. The van der Waals surface area contributed by atoms with Crippen molar-refractivity contribution in [3.8, 4) is 0 Å². The summed E-state index contributed by atoms with van der Waals surface area (Å²) >= 11 is 0. The van der Waals surface area contributed by atoms with Crippen LogP contribution in [0.5, 0.6) is 0 Å². The standard InChI is InChI=1S/C18H21N3O4S/c1-13-6-5-9-17(21(22)23)18(13)26(24,25)20-11-15(10-19)16(12-20)14-7-3-2-4-8-14/h2-9,15-16H,10-12,19H2,1H3/t15-,16+/m1/s1. The van der Waals surface area contributed by atoms with Gasteiger partial charge in [-0.15, -0.1) is 0 Å². The Labute approximate surface area is 152 Å². The lowest BCUT2D eigenvalue weighted by molar-refractivity contribution is -0.387. The van der Waals surface area contributed by atoms with Gasteiger partial charge in [0.2, 0.25) is 10.0 Å². The smallest absolute Gasteiger partial charge is 0.289 e. The fourth-order valence-electron chi connectivity index (χ4n) is 3.59. The SMILES string of the molecule is Cc1cccc([N+](=O)[O-])c1S(=O)(=O)N1C[C@@H](CN)[C@H](c2ccccc2)C1. The van der Waals surface area contributed by atoms with Gasteiger partial charge in [-0.3, -0.25) is 10.1 Å². The second-order valence-electron chi connectivity index (χ2n) is 6.52. The molecule has 7 nitrogen and oxygen atoms in total. The van der Waals surface area contributed by atoms with Crippen LogP contribution < -0.4 is 5.73 Å². The van der Waals surface area contributed by atoms with E-state index >= 15 is 0 Å². The summed E-state index contributed by atoms with van der Waals surface area (Å²) in [5.74, 6) is -0.0608. The Balaban J connectivity index is 2.01. The van der Waals surface area contributed by atoms with Crippen LogP contribution in [0.1, 0.15) is 17.0 Å². The van der Waals surface area contributed by atoms with E-state index < -0.39 is 20.6 Å². The first-order chi connectivity index (χ1) is 12.4. The fourth-order valence-corrected chi connectivity index (χ4v) is 5.47. The maximum absolute atomic E-state index is 13.2. The lowest BCUT2D eigenvalue weighted by Gasteiger charge is -2.18. The number of hydrogen-bond donors (Lipinski definition) is 1. The summed E-state index contributed by atoms with van der Waals surface area (Å²) in [6.07, 6.45) is 0. The fraction of sp³-hybridized carbons (Fsp3) is 0.333. The quantitative estimate of drug-likeness (QED) is 0.637. The van der Waals surface area contributed by atoms with Crippen LogP contribution in [0, 0.1) is 23.0 Å². The molecule has 8 heteroatoms. The zero-order valence-electron chi connectivity index (χ0n) is 14.4. The highest BCUT2D eigenvalue weighted by atomic mass is 32.2. The van der Waals surface area contributed by atoms with E-state index in [2.05, 4.69) is 0 Å². The van der Waals surface area contributed by atoms with E-state index in [1.165, 1.54) is 16.4 Å². The molecule has 1 saturated heterocycles. The summed E-state index contributed by atoms with van der Waals surface area (Å²) < 4.78 is 27.7. The van der Waals surface area contributed by atoms with Gasteiger partial charge in [-0.1, -0.05) is 42.5 Å². The molecule has 0 aliphatic carbocycles. The van der Waals surface area contributed by atoms with E-state index in [9.17, 15) is 18.5 Å². The van der Waals surface area contributed by atoms with Crippen molar-refractivity contribution in [3.05, 3.63) is 69.8 Å². The Kier molecular flexibility index (Phi) is 5.08. The van der Waals surface area contributed by atoms with Crippen molar-refractivity contribution in [2.75, 3.05) is 19.6 Å². The second kappa shape index (κ2) is 7.14. The predicted molar refractivity (Wildman–Crippen MR) is 98.3 cm³/mol. The first kappa shape index (κ1) is 18.5. The molecule has 2 atom stereocenters. The number of nitrogens with two attached hydrogens (primary N) is 1. The van der Waals surface area contributed by atoms with Gasteiger partial charge in [0.1, 0.15) is 0 Å². The number of aryl methyl sites for hydroxylation is 1. The lowest BCUT2D eigenvalue weighted by Crippen LogP contribution is -2.31. The highest BCUT2D eigenvalue weighted by Crippen LogP contribution is 2.37.